The predicted octanol–water partition coefficient (Wildman–Crippen LogP) is -4.83. The van der Waals surface area contributed by atoms with Gasteiger partial charge in [0.2, 0.25) is 11.7 Å². The Morgan fingerprint density at radius 3 is 2.62 bits per heavy atom. The Morgan fingerprint density at radius 2 is 2.03 bits per heavy atom. The van der Waals surface area contributed by atoms with Crippen molar-refractivity contribution in [1.29, 1.82) is 0 Å². The summed E-state index contributed by atoms with van der Waals surface area (Å²) in [4.78, 5) is 23.3. The van der Waals surface area contributed by atoms with Crippen LogP contribution in [-0.2, 0) is 23.8 Å². The fourth-order valence-corrected chi connectivity index (χ4v) is 3.30. The van der Waals surface area contributed by atoms with Crippen LogP contribution in [0.15, 0.2) is 0 Å². The van der Waals surface area contributed by atoms with Crippen molar-refractivity contribution in [3.05, 3.63) is 0 Å². The molecule has 6 N–H and O–H groups in total. The van der Waals surface area contributed by atoms with Crippen LogP contribution in [0.3, 0.4) is 0 Å². The molecule has 1 amide bonds. The Labute approximate surface area is 171 Å². The number of amides is 1. The van der Waals surface area contributed by atoms with Crippen LogP contribution >= 0.6 is 11.8 Å². The molecule has 0 aliphatic carbocycles. The van der Waals surface area contributed by atoms with Gasteiger partial charge < -0.3 is 55.0 Å². The molecule has 0 aromatic carbocycles. The number of hydrogen-bond acceptors (Lipinski definition) is 12. The number of methoxy groups -OCH3 is 1. The molecule has 1 aliphatic heterocycles. The molecule has 1 aliphatic rings. The van der Waals surface area contributed by atoms with E-state index in [4.69, 9.17) is 19.3 Å². The molecule has 0 bridgehead atoms. The van der Waals surface area contributed by atoms with Gasteiger partial charge in [0.25, 0.3) is 0 Å². The first kappa shape index (κ1) is 26.0. The third-order valence-electron chi connectivity index (χ3n) is 4.19. The van der Waals surface area contributed by atoms with Gasteiger partial charge in [-0.15, -0.1) is 11.8 Å². The van der Waals surface area contributed by atoms with Crippen molar-refractivity contribution >= 4 is 23.6 Å². The van der Waals surface area contributed by atoms with E-state index in [2.05, 4.69) is 5.32 Å². The minimum atomic E-state index is -2.93. The first-order valence-corrected chi connectivity index (χ1v) is 10.0. The highest BCUT2D eigenvalue weighted by molar-refractivity contribution is 7.99. The molecule has 13 heteroatoms. The average molecular weight is 442 g/mol. The molecular weight excluding hydrogens is 414 g/mol. The number of thioether (sulfide) groups is 1. The van der Waals surface area contributed by atoms with Crippen LogP contribution in [0.25, 0.3) is 0 Å². The number of aliphatic hydroxyl groups is 5. The van der Waals surface area contributed by atoms with Crippen molar-refractivity contribution in [3.63, 3.8) is 0 Å². The summed E-state index contributed by atoms with van der Waals surface area (Å²) in [6, 6.07) is -1.35. The van der Waals surface area contributed by atoms with Crippen molar-refractivity contribution in [2.45, 2.75) is 42.7 Å². The van der Waals surface area contributed by atoms with Crippen molar-refractivity contribution in [3.8, 4) is 0 Å². The molecule has 1 rings (SSSR count). The summed E-state index contributed by atoms with van der Waals surface area (Å²) < 4.78 is 15.0. The van der Waals surface area contributed by atoms with Crippen LogP contribution < -0.4 is 10.4 Å². The minimum absolute atomic E-state index is 0.0347. The van der Waals surface area contributed by atoms with Crippen LogP contribution in [-0.4, -0.2) is 119 Å². The van der Waals surface area contributed by atoms with Crippen LogP contribution in [0.2, 0.25) is 0 Å². The van der Waals surface area contributed by atoms with E-state index in [1.54, 1.807) is 7.11 Å². The Morgan fingerprint density at radius 1 is 1.34 bits per heavy atom. The number of hydrogen-bond donors (Lipinski definition) is 6. The molecule has 0 aromatic rings. The second-order valence-electron chi connectivity index (χ2n) is 6.42. The van der Waals surface area contributed by atoms with Crippen molar-refractivity contribution < 1.29 is 54.4 Å². The molecule has 170 valence electrons. The van der Waals surface area contributed by atoms with E-state index in [9.17, 15) is 35.1 Å². The number of ether oxygens (including phenoxy) is 3. The first-order valence-electron chi connectivity index (χ1n) is 8.86. The monoisotopic (exact) mass is 442 g/mol. The van der Waals surface area contributed by atoms with Gasteiger partial charge in [-0.1, -0.05) is 0 Å². The lowest BCUT2D eigenvalue weighted by molar-refractivity contribution is -0.374. The standard InChI is InChI=1S/C16H29NO11S/c1-26-2-3-27-4-5-29-8-11(21)17-12-9(19)6-16(25,15(23)24)28-14(12)13(22)10(20)7-18/h9-10,12-14,18-20,22,25H,2-8H2,1H3,(H,17,21)(H,23,24)/p-1/t9?,10-,12-,13-,14?,16+/m1/s1. The summed E-state index contributed by atoms with van der Waals surface area (Å²) in [7, 11) is 1.55. The number of carbonyl (C=O) groups is 2. The molecule has 1 heterocycles. The van der Waals surface area contributed by atoms with E-state index in [0.29, 0.717) is 25.6 Å². The number of nitrogens with one attached hydrogen (secondary N) is 1. The molecule has 0 saturated carbocycles. The van der Waals surface area contributed by atoms with Crippen molar-refractivity contribution in [1.82, 2.24) is 5.32 Å². The van der Waals surface area contributed by atoms with E-state index in [1.165, 1.54) is 11.8 Å². The molecule has 0 aromatic heterocycles. The maximum absolute atomic E-state index is 12.2. The Hall–Kier alpha value is -1.03. The van der Waals surface area contributed by atoms with Gasteiger partial charge in [0, 0.05) is 19.3 Å². The molecule has 2 unspecified atom stereocenters. The average Bonchev–Trinajstić information content (AvgIpc) is 2.67. The van der Waals surface area contributed by atoms with E-state index in [-0.39, 0.29) is 5.75 Å². The summed E-state index contributed by atoms with van der Waals surface area (Å²) in [5.41, 5.74) is 0. The van der Waals surface area contributed by atoms with Crippen LogP contribution in [0.5, 0.6) is 0 Å². The number of carboxylic acid groups (broad SMARTS) is 1. The number of aliphatic carboxylic acids is 1. The predicted molar refractivity (Wildman–Crippen MR) is 96.5 cm³/mol. The van der Waals surface area contributed by atoms with E-state index < -0.39 is 61.1 Å². The topological polar surface area (TPSA) is 198 Å². The fourth-order valence-electron chi connectivity index (χ4n) is 2.65. The third kappa shape index (κ3) is 7.96. The van der Waals surface area contributed by atoms with E-state index >= 15 is 0 Å². The third-order valence-corrected chi connectivity index (χ3v) is 5.11. The van der Waals surface area contributed by atoms with Gasteiger partial charge in [-0.3, -0.25) is 4.79 Å². The largest absolute Gasteiger partial charge is 0.544 e. The van der Waals surface area contributed by atoms with Crippen molar-refractivity contribution in [2.24, 2.45) is 0 Å². The lowest BCUT2D eigenvalue weighted by Crippen LogP contribution is -2.69. The zero-order chi connectivity index (χ0) is 22.0. The smallest absolute Gasteiger partial charge is 0.230 e. The van der Waals surface area contributed by atoms with Gasteiger partial charge in [-0.25, -0.2) is 0 Å². The first-order chi connectivity index (χ1) is 13.7. The highest BCUT2D eigenvalue weighted by atomic mass is 32.2. The molecule has 0 spiro atoms. The van der Waals surface area contributed by atoms with Gasteiger partial charge in [0.15, 0.2) is 0 Å². The van der Waals surface area contributed by atoms with Gasteiger partial charge >= 0.3 is 0 Å². The number of carbonyl (C=O) groups excluding carboxylic acids is 2. The number of carboxylic acids is 1. The van der Waals surface area contributed by atoms with E-state index in [1.807, 2.05) is 0 Å². The van der Waals surface area contributed by atoms with Crippen LogP contribution in [0.4, 0.5) is 0 Å². The lowest BCUT2D eigenvalue weighted by Gasteiger charge is -2.46. The summed E-state index contributed by atoms with van der Waals surface area (Å²) in [5, 5.41) is 62.5. The van der Waals surface area contributed by atoms with Gasteiger partial charge in [0.1, 0.15) is 24.3 Å². The normalized spacial score (nSPS) is 29.2. The quantitative estimate of drug-likeness (QED) is 0.149. The number of rotatable bonds is 13. The zero-order valence-electron chi connectivity index (χ0n) is 15.9. The Kier molecular flexibility index (Phi) is 11.3. The Bertz CT molecular complexity index is 525. The molecule has 6 atom stereocenters. The maximum atomic E-state index is 12.2. The highest BCUT2D eigenvalue weighted by Gasteiger charge is 2.50. The van der Waals surface area contributed by atoms with Crippen LogP contribution in [0, 0.1) is 0 Å². The molecule has 0 radical (unpaired) electrons. The molecule has 29 heavy (non-hydrogen) atoms. The van der Waals surface area contributed by atoms with Gasteiger partial charge in [-0.2, -0.15) is 0 Å². The molecule has 1 saturated heterocycles. The minimum Gasteiger partial charge on any atom is -0.544 e. The van der Waals surface area contributed by atoms with Gasteiger partial charge in [0.05, 0.1) is 44.3 Å². The molecule has 12 nitrogen and oxygen atoms in total. The Balaban J connectivity index is 2.67. The number of aliphatic hydroxyl groups excluding tert-OH is 4. The second-order valence-corrected chi connectivity index (χ2v) is 7.52. The highest BCUT2D eigenvalue weighted by Crippen LogP contribution is 2.30. The summed E-state index contributed by atoms with van der Waals surface area (Å²) >= 11 is 1.23. The summed E-state index contributed by atoms with van der Waals surface area (Å²) in [6.45, 7) is 0.356. The molecular formula is C16H28NO11S-. The van der Waals surface area contributed by atoms with Crippen molar-refractivity contribution in [2.75, 3.05) is 45.0 Å². The lowest BCUT2D eigenvalue weighted by atomic mass is 9.88. The fraction of sp³-hybridized carbons (Fsp3) is 0.875. The van der Waals surface area contributed by atoms with Gasteiger partial charge in [-0.05, 0) is 0 Å². The second kappa shape index (κ2) is 12.6. The van der Waals surface area contributed by atoms with E-state index in [0.717, 1.165) is 0 Å². The summed E-state index contributed by atoms with van der Waals surface area (Å²) in [5.74, 6) is -5.08. The summed E-state index contributed by atoms with van der Waals surface area (Å²) in [6.07, 6.45) is -7.87. The molecule has 1 fully saturated rings. The SMILES string of the molecule is COCCOCCSCC(=O)N[C@@H]1C(O)C[C@@](O)(C(=O)[O-])OC1[C@H](O)[C@H](O)CO. The maximum Gasteiger partial charge on any atom is 0.230 e. The zero-order valence-corrected chi connectivity index (χ0v) is 16.7. The van der Waals surface area contributed by atoms with Crippen LogP contribution in [0.1, 0.15) is 6.42 Å².